The lowest BCUT2D eigenvalue weighted by atomic mass is 9.97. The zero-order chi connectivity index (χ0) is 36.6. The summed E-state index contributed by atoms with van der Waals surface area (Å²) in [6.07, 6.45) is -0.0970. The number of ether oxygens (including phenoxy) is 2. The predicted octanol–water partition coefficient (Wildman–Crippen LogP) is 9.24. The van der Waals surface area contributed by atoms with Gasteiger partial charge in [-0.3, -0.25) is 4.90 Å². The summed E-state index contributed by atoms with van der Waals surface area (Å²) < 4.78 is 13.4. The fourth-order valence-corrected chi connectivity index (χ4v) is 7.03. The molecule has 1 heterocycles. The molecule has 7 nitrogen and oxygen atoms in total. The van der Waals surface area contributed by atoms with Crippen LogP contribution in [0.5, 0.6) is 0 Å². The fraction of sp³-hybridized carbons (Fsp3) is 0.239. The number of nitrogens with zero attached hydrogens (tertiary/aromatic N) is 1. The first kappa shape index (κ1) is 36.1. The van der Waals surface area contributed by atoms with Crippen molar-refractivity contribution < 1.29 is 19.4 Å². The molecule has 0 radical (unpaired) electrons. The van der Waals surface area contributed by atoms with E-state index in [1.807, 2.05) is 72.8 Å². The smallest absolute Gasteiger partial charge is 0.315 e. The molecule has 4 atom stereocenters. The molecule has 7 heteroatoms. The number of aliphatic hydroxyl groups is 1. The van der Waals surface area contributed by atoms with Crippen LogP contribution in [-0.4, -0.2) is 35.7 Å². The molecule has 0 aromatic heterocycles. The lowest BCUT2D eigenvalue weighted by Gasteiger charge is -2.39. The average molecular weight is 706 g/mol. The molecule has 6 aromatic carbocycles. The van der Waals surface area contributed by atoms with Crippen LogP contribution < -0.4 is 10.6 Å². The van der Waals surface area contributed by atoms with Gasteiger partial charge in [0, 0.05) is 37.7 Å². The molecule has 6 aromatic rings. The lowest BCUT2D eigenvalue weighted by Crippen LogP contribution is -2.38. The topological polar surface area (TPSA) is 83.1 Å². The molecule has 7 rings (SSSR count). The molecule has 0 bridgehead atoms. The van der Waals surface area contributed by atoms with Crippen LogP contribution in [0.3, 0.4) is 0 Å². The number of hydrogen-bond donors (Lipinski definition) is 3. The number of carbonyl (C=O) groups is 1. The summed E-state index contributed by atoms with van der Waals surface area (Å²) in [5.74, 6) is 0. The summed E-state index contributed by atoms with van der Waals surface area (Å²) in [5.41, 5.74) is 8.32. The minimum Gasteiger partial charge on any atom is -0.392 e. The van der Waals surface area contributed by atoms with Crippen LogP contribution in [0.2, 0.25) is 0 Å². The van der Waals surface area contributed by atoms with Gasteiger partial charge in [0.05, 0.1) is 18.8 Å². The first-order valence-electron chi connectivity index (χ1n) is 18.4. The number of fused-ring (bicyclic) bond motifs is 1. The first-order chi connectivity index (χ1) is 25.9. The van der Waals surface area contributed by atoms with E-state index in [9.17, 15) is 9.90 Å². The molecular formula is C46H47N3O4. The summed E-state index contributed by atoms with van der Waals surface area (Å²) in [6.45, 7) is 3.85. The third-order valence-electron chi connectivity index (χ3n) is 10.3. The maximum atomic E-state index is 12.6. The third-order valence-corrected chi connectivity index (χ3v) is 10.3. The van der Waals surface area contributed by atoms with Gasteiger partial charge in [0.15, 0.2) is 6.29 Å². The number of benzene rings is 6. The standard InChI is InChI=1S/C46H47N3O4/c1-32(39-25-20-35-12-6-7-13-40(35)26-39)49(2)30-42-27-44(37-18-16-34(31-50)17-19-37)53-45(52-42)38-23-21-36(22-24-38)43-15-9-8-14-41(43)29-48-46(51)47-28-33-10-4-3-5-11-33/h3-26,32,42,44-45,50H,27-31H2,1-2H3,(H2,47,48,51). The van der Waals surface area contributed by atoms with Gasteiger partial charge in [-0.05, 0) is 69.8 Å². The van der Waals surface area contributed by atoms with Crippen molar-refractivity contribution in [3.8, 4) is 11.1 Å². The van der Waals surface area contributed by atoms with Crippen LogP contribution >= 0.6 is 0 Å². The molecule has 53 heavy (non-hydrogen) atoms. The fourth-order valence-electron chi connectivity index (χ4n) is 7.03. The minimum absolute atomic E-state index is 0.00458. The highest BCUT2D eigenvalue weighted by molar-refractivity contribution is 5.83. The zero-order valence-electron chi connectivity index (χ0n) is 30.3. The number of carbonyl (C=O) groups excluding carboxylic acids is 1. The van der Waals surface area contributed by atoms with E-state index in [0.29, 0.717) is 19.5 Å². The average Bonchev–Trinajstić information content (AvgIpc) is 3.22. The predicted molar refractivity (Wildman–Crippen MR) is 211 cm³/mol. The largest absolute Gasteiger partial charge is 0.392 e. The molecule has 2 amide bonds. The number of urea groups is 1. The molecular weight excluding hydrogens is 659 g/mol. The van der Waals surface area contributed by atoms with E-state index in [1.165, 1.54) is 16.3 Å². The van der Waals surface area contributed by atoms with E-state index in [-0.39, 0.29) is 30.9 Å². The number of amides is 2. The van der Waals surface area contributed by atoms with Crippen molar-refractivity contribution in [3.63, 3.8) is 0 Å². The summed E-state index contributed by atoms with van der Waals surface area (Å²) in [4.78, 5) is 15.0. The van der Waals surface area contributed by atoms with Crippen LogP contribution in [0.15, 0.2) is 146 Å². The van der Waals surface area contributed by atoms with Gasteiger partial charge in [0.25, 0.3) is 0 Å². The van der Waals surface area contributed by atoms with Crippen molar-refractivity contribution in [1.29, 1.82) is 0 Å². The molecule has 0 spiro atoms. The SMILES string of the molecule is CC(c1ccc2ccccc2c1)N(C)CC1CC(c2ccc(CO)cc2)OC(c2ccc(-c3ccccc3CNC(=O)NCc3ccccc3)cc2)O1. The molecule has 1 saturated heterocycles. The molecule has 270 valence electrons. The van der Waals surface area contributed by atoms with Crippen molar-refractivity contribution >= 4 is 16.8 Å². The number of likely N-dealkylation sites (N-methyl/N-ethyl adjacent to an activating group) is 1. The van der Waals surface area contributed by atoms with Crippen molar-refractivity contribution in [2.75, 3.05) is 13.6 Å². The van der Waals surface area contributed by atoms with Crippen LogP contribution in [0.25, 0.3) is 21.9 Å². The van der Waals surface area contributed by atoms with Gasteiger partial charge in [-0.1, -0.05) is 140 Å². The van der Waals surface area contributed by atoms with Gasteiger partial charge < -0.3 is 25.2 Å². The summed E-state index contributed by atoms with van der Waals surface area (Å²) >= 11 is 0. The Hall–Kier alpha value is -5.31. The molecule has 1 aliphatic rings. The lowest BCUT2D eigenvalue weighted by molar-refractivity contribution is -0.253. The number of aliphatic hydroxyl groups excluding tert-OH is 1. The van der Waals surface area contributed by atoms with Gasteiger partial charge in [0.2, 0.25) is 0 Å². The quantitative estimate of drug-likeness (QED) is 0.118. The van der Waals surface area contributed by atoms with Gasteiger partial charge in [-0.2, -0.15) is 0 Å². The van der Waals surface area contributed by atoms with Gasteiger partial charge in [0.1, 0.15) is 0 Å². The van der Waals surface area contributed by atoms with Gasteiger partial charge >= 0.3 is 6.03 Å². The number of rotatable bonds is 12. The van der Waals surface area contributed by atoms with Crippen LogP contribution in [0.1, 0.15) is 65.2 Å². The maximum Gasteiger partial charge on any atom is 0.315 e. The van der Waals surface area contributed by atoms with E-state index in [1.54, 1.807) is 0 Å². The van der Waals surface area contributed by atoms with Crippen molar-refractivity contribution in [3.05, 3.63) is 179 Å². The number of hydrogen-bond acceptors (Lipinski definition) is 5. The van der Waals surface area contributed by atoms with Crippen molar-refractivity contribution in [2.24, 2.45) is 0 Å². The normalized spacial score (nSPS) is 17.8. The van der Waals surface area contributed by atoms with Gasteiger partial charge in [-0.25, -0.2) is 4.79 Å². The Kier molecular flexibility index (Phi) is 11.6. The molecule has 4 unspecified atom stereocenters. The monoisotopic (exact) mass is 705 g/mol. The molecule has 1 aliphatic heterocycles. The van der Waals surface area contributed by atoms with E-state index in [0.717, 1.165) is 45.5 Å². The Morgan fingerprint density at radius 1 is 0.736 bits per heavy atom. The third kappa shape index (κ3) is 9.02. The minimum atomic E-state index is -0.556. The Morgan fingerprint density at radius 3 is 2.19 bits per heavy atom. The zero-order valence-corrected chi connectivity index (χ0v) is 30.3. The highest BCUT2D eigenvalue weighted by Gasteiger charge is 2.33. The molecule has 3 N–H and O–H groups in total. The van der Waals surface area contributed by atoms with Crippen LogP contribution in [-0.2, 0) is 29.2 Å². The van der Waals surface area contributed by atoms with E-state index < -0.39 is 6.29 Å². The second-order valence-electron chi connectivity index (χ2n) is 13.9. The molecule has 1 fully saturated rings. The summed E-state index contributed by atoms with van der Waals surface area (Å²) in [7, 11) is 2.16. The Bertz CT molecular complexity index is 2100. The van der Waals surface area contributed by atoms with Gasteiger partial charge in [-0.15, -0.1) is 0 Å². The molecule has 0 saturated carbocycles. The van der Waals surface area contributed by atoms with E-state index >= 15 is 0 Å². The highest BCUT2D eigenvalue weighted by Crippen LogP contribution is 2.39. The van der Waals surface area contributed by atoms with Crippen molar-refractivity contribution in [2.45, 2.75) is 57.6 Å². The van der Waals surface area contributed by atoms with Crippen LogP contribution in [0.4, 0.5) is 4.79 Å². The first-order valence-corrected chi connectivity index (χ1v) is 18.4. The number of nitrogens with one attached hydrogen (secondary N) is 2. The summed E-state index contributed by atoms with van der Waals surface area (Å²) in [5, 5.41) is 18.1. The maximum absolute atomic E-state index is 12.6. The van der Waals surface area contributed by atoms with E-state index in [4.69, 9.17) is 9.47 Å². The van der Waals surface area contributed by atoms with Crippen molar-refractivity contribution in [1.82, 2.24) is 15.5 Å². The highest BCUT2D eigenvalue weighted by atomic mass is 16.7. The Labute approximate surface area is 312 Å². The second kappa shape index (κ2) is 17.0. The second-order valence-corrected chi connectivity index (χ2v) is 13.9. The molecule has 0 aliphatic carbocycles. The Morgan fingerprint density at radius 2 is 1.42 bits per heavy atom. The van der Waals surface area contributed by atoms with E-state index in [2.05, 4.69) is 102 Å². The Balaban J connectivity index is 1.05. The summed E-state index contributed by atoms with van der Waals surface area (Å²) in [6, 6.07) is 49.5. The van der Waals surface area contributed by atoms with Crippen LogP contribution in [0, 0.1) is 0 Å².